The lowest BCUT2D eigenvalue weighted by molar-refractivity contribution is -0.267. The molecule has 3 aromatic rings. The lowest BCUT2D eigenvalue weighted by Crippen LogP contribution is -2.04. The summed E-state index contributed by atoms with van der Waals surface area (Å²) in [6, 6.07) is 11.7. The van der Waals surface area contributed by atoms with Crippen LogP contribution in [-0.2, 0) is 0 Å². The molecular formula is C16H10N3O3-. The first kappa shape index (κ1) is 13.7. The first-order chi connectivity index (χ1) is 10.7. The summed E-state index contributed by atoms with van der Waals surface area (Å²) >= 11 is 0. The molecule has 0 aliphatic heterocycles. The molecule has 0 unspecified atom stereocenters. The minimum absolute atomic E-state index is 0.0133. The van der Waals surface area contributed by atoms with Gasteiger partial charge in [-0.2, -0.15) is 5.11 Å². The minimum atomic E-state index is -1.28. The van der Waals surface area contributed by atoms with Gasteiger partial charge in [-0.1, -0.05) is 30.0 Å². The second kappa shape index (κ2) is 5.61. The van der Waals surface area contributed by atoms with Crippen molar-refractivity contribution < 1.29 is 15.0 Å². The van der Waals surface area contributed by atoms with Crippen LogP contribution in [0.25, 0.3) is 10.8 Å². The summed E-state index contributed by atoms with van der Waals surface area (Å²) in [7, 11) is 0. The van der Waals surface area contributed by atoms with E-state index in [0.717, 1.165) is 0 Å². The van der Waals surface area contributed by atoms with E-state index in [9.17, 15) is 9.90 Å². The van der Waals surface area contributed by atoms with Crippen LogP contribution in [0, 0.1) is 0 Å². The number of carboxylic acids is 1. The summed E-state index contributed by atoms with van der Waals surface area (Å²) in [4.78, 5) is 15.1. The summed E-state index contributed by atoms with van der Waals surface area (Å²) in [5.74, 6) is -1.94. The van der Waals surface area contributed by atoms with E-state index in [1.807, 2.05) is 0 Å². The molecule has 0 fully saturated rings. The highest BCUT2D eigenvalue weighted by Gasteiger charge is 2.11. The Morgan fingerprint density at radius 2 is 1.95 bits per heavy atom. The highest BCUT2D eigenvalue weighted by atomic mass is 16.4. The SMILES string of the molecule is O=C(O)c1cc2ccccc2c(N=Nc2cccnc2)c1[O-]. The van der Waals surface area contributed by atoms with Gasteiger partial charge in [0.2, 0.25) is 0 Å². The van der Waals surface area contributed by atoms with E-state index in [4.69, 9.17) is 5.11 Å². The van der Waals surface area contributed by atoms with E-state index >= 15 is 0 Å². The van der Waals surface area contributed by atoms with Gasteiger partial charge in [-0.25, -0.2) is 4.79 Å². The quantitative estimate of drug-likeness (QED) is 0.748. The smallest absolute Gasteiger partial charge is 0.335 e. The Labute approximate surface area is 125 Å². The molecule has 0 amide bonds. The zero-order valence-electron chi connectivity index (χ0n) is 11.3. The van der Waals surface area contributed by atoms with Gasteiger partial charge in [-0.3, -0.25) is 4.98 Å². The number of carbonyl (C=O) groups is 1. The molecule has 1 N–H and O–H groups in total. The third kappa shape index (κ3) is 2.49. The van der Waals surface area contributed by atoms with Crippen molar-refractivity contribution in [1.29, 1.82) is 0 Å². The molecule has 0 aliphatic rings. The average Bonchev–Trinajstić information content (AvgIpc) is 2.54. The second-order valence-corrected chi connectivity index (χ2v) is 4.54. The number of rotatable bonds is 3. The van der Waals surface area contributed by atoms with E-state index in [2.05, 4.69) is 15.2 Å². The van der Waals surface area contributed by atoms with Crippen LogP contribution in [0.4, 0.5) is 11.4 Å². The van der Waals surface area contributed by atoms with E-state index in [-0.39, 0.29) is 11.3 Å². The molecular weight excluding hydrogens is 282 g/mol. The Hall–Kier alpha value is -3.28. The monoisotopic (exact) mass is 292 g/mol. The van der Waals surface area contributed by atoms with Crippen LogP contribution in [0.3, 0.4) is 0 Å². The van der Waals surface area contributed by atoms with Gasteiger partial charge in [0, 0.05) is 11.6 Å². The standard InChI is InChI=1S/C16H11N3O3/c20-15-13(16(21)22)8-10-4-1-2-6-12(10)14(15)19-18-11-5-3-7-17-9-11/h1-9,20H,(H,21,22)/p-1. The fourth-order valence-corrected chi connectivity index (χ4v) is 2.09. The molecule has 0 atom stereocenters. The molecule has 0 aliphatic carbocycles. The van der Waals surface area contributed by atoms with Crippen LogP contribution in [0.1, 0.15) is 10.4 Å². The Morgan fingerprint density at radius 1 is 1.14 bits per heavy atom. The normalized spacial score (nSPS) is 11.1. The van der Waals surface area contributed by atoms with Gasteiger partial charge in [-0.05, 0) is 23.6 Å². The summed E-state index contributed by atoms with van der Waals surface area (Å²) in [5, 5.41) is 30.5. The van der Waals surface area contributed by atoms with Crippen LogP contribution in [-0.4, -0.2) is 16.1 Å². The van der Waals surface area contributed by atoms with Crippen molar-refractivity contribution >= 4 is 28.1 Å². The highest BCUT2D eigenvalue weighted by molar-refractivity contribution is 6.04. The maximum Gasteiger partial charge on any atom is 0.335 e. The molecule has 3 rings (SSSR count). The fourth-order valence-electron chi connectivity index (χ4n) is 2.09. The van der Waals surface area contributed by atoms with Gasteiger partial charge in [0.15, 0.2) is 0 Å². The van der Waals surface area contributed by atoms with E-state index < -0.39 is 11.7 Å². The van der Waals surface area contributed by atoms with Crippen molar-refractivity contribution in [3.63, 3.8) is 0 Å². The molecule has 2 aromatic carbocycles. The van der Waals surface area contributed by atoms with Crippen LogP contribution in [0.5, 0.6) is 5.75 Å². The van der Waals surface area contributed by atoms with Crippen LogP contribution in [0.2, 0.25) is 0 Å². The van der Waals surface area contributed by atoms with Crippen molar-refractivity contribution in [2.45, 2.75) is 0 Å². The highest BCUT2D eigenvalue weighted by Crippen LogP contribution is 2.37. The maximum absolute atomic E-state index is 12.3. The molecule has 1 aromatic heterocycles. The molecule has 0 bridgehead atoms. The molecule has 0 saturated heterocycles. The Balaban J connectivity index is 2.20. The average molecular weight is 292 g/mol. The van der Waals surface area contributed by atoms with Crippen LogP contribution >= 0.6 is 0 Å². The molecule has 6 heteroatoms. The molecule has 6 nitrogen and oxygen atoms in total. The predicted octanol–water partition coefficient (Wildman–Crippen LogP) is 3.42. The van der Waals surface area contributed by atoms with Crippen molar-refractivity contribution in [3.8, 4) is 5.75 Å². The van der Waals surface area contributed by atoms with Gasteiger partial charge in [0.25, 0.3) is 0 Å². The number of hydrogen-bond acceptors (Lipinski definition) is 5. The lowest BCUT2D eigenvalue weighted by Gasteiger charge is -2.15. The number of hydrogen-bond donors (Lipinski definition) is 1. The maximum atomic E-state index is 12.3. The number of aromatic carboxylic acids is 1. The summed E-state index contributed by atoms with van der Waals surface area (Å²) in [6.45, 7) is 0. The van der Waals surface area contributed by atoms with E-state index in [0.29, 0.717) is 16.5 Å². The fraction of sp³-hybridized carbons (Fsp3) is 0. The summed E-state index contributed by atoms with van der Waals surface area (Å²) < 4.78 is 0. The number of pyridine rings is 1. The van der Waals surface area contributed by atoms with Crippen molar-refractivity contribution in [1.82, 2.24) is 4.98 Å². The second-order valence-electron chi connectivity index (χ2n) is 4.54. The Bertz CT molecular complexity index is 876. The number of azo groups is 1. The molecule has 1 heterocycles. The van der Waals surface area contributed by atoms with Gasteiger partial charge < -0.3 is 10.2 Å². The first-order valence-electron chi connectivity index (χ1n) is 6.44. The van der Waals surface area contributed by atoms with Gasteiger partial charge in [0.1, 0.15) is 5.69 Å². The number of fused-ring (bicyclic) bond motifs is 1. The van der Waals surface area contributed by atoms with Crippen molar-refractivity contribution in [2.24, 2.45) is 10.2 Å². The zero-order chi connectivity index (χ0) is 15.5. The molecule has 0 saturated carbocycles. The van der Waals surface area contributed by atoms with Crippen molar-refractivity contribution in [2.75, 3.05) is 0 Å². The number of carboxylic acid groups (broad SMARTS) is 1. The Morgan fingerprint density at radius 3 is 2.68 bits per heavy atom. The number of nitrogens with zero attached hydrogens (tertiary/aromatic N) is 3. The molecule has 0 radical (unpaired) electrons. The lowest BCUT2D eigenvalue weighted by atomic mass is 10.0. The van der Waals surface area contributed by atoms with Crippen molar-refractivity contribution in [3.05, 3.63) is 60.4 Å². The zero-order valence-corrected chi connectivity index (χ0v) is 11.3. The van der Waals surface area contributed by atoms with Crippen LogP contribution < -0.4 is 5.11 Å². The van der Waals surface area contributed by atoms with Gasteiger partial charge >= 0.3 is 5.97 Å². The summed E-state index contributed by atoms with van der Waals surface area (Å²) in [6.07, 6.45) is 3.09. The van der Waals surface area contributed by atoms with Gasteiger partial charge in [-0.15, -0.1) is 5.11 Å². The van der Waals surface area contributed by atoms with Crippen LogP contribution in [0.15, 0.2) is 65.1 Å². The Kier molecular flexibility index (Phi) is 3.49. The number of aromatic nitrogens is 1. The van der Waals surface area contributed by atoms with E-state index in [1.165, 1.54) is 12.3 Å². The third-order valence-electron chi connectivity index (χ3n) is 3.12. The summed E-state index contributed by atoms with van der Waals surface area (Å²) in [5.41, 5.74) is 0.171. The van der Waals surface area contributed by atoms with Gasteiger partial charge in [0.05, 0.1) is 17.4 Å². The predicted molar refractivity (Wildman–Crippen MR) is 78.8 cm³/mol. The largest absolute Gasteiger partial charge is 0.870 e. The first-order valence-corrected chi connectivity index (χ1v) is 6.44. The van der Waals surface area contributed by atoms with E-state index in [1.54, 1.807) is 42.6 Å². The molecule has 0 spiro atoms. The topological polar surface area (TPSA) is 98.0 Å². The molecule has 108 valence electrons. The third-order valence-corrected chi connectivity index (χ3v) is 3.12. The minimum Gasteiger partial charge on any atom is -0.870 e. The molecule has 22 heavy (non-hydrogen) atoms. The number of benzene rings is 2.